The van der Waals surface area contributed by atoms with Crippen molar-refractivity contribution in [3.63, 3.8) is 0 Å². The number of fused-ring (bicyclic) bond motifs is 1. The molecule has 0 atom stereocenters. The molecule has 0 aliphatic carbocycles. The van der Waals surface area contributed by atoms with Crippen LogP contribution < -0.4 is 16.2 Å². The number of nitrogens with two attached hydrogens (primary N) is 1. The first-order valence-corrected chi connectivity index (χ1v) is 10.7. The first kappa shape index (κ1) is 21.1. The summed E-state index contributed by atoms with van der Waals surface area (Å²) in [5, 5.41) is 21.8. The standard InChI is InChI=1S/C23H19ClFN7O/c1-31-22(20-15(9-26)19(32-5-2-6-32)8-17(24)21(20)25)16(11-28-31)12-3-4-13-14(7-12)18(10-27)29-30-23(13)33/h3-4,7-8,11H,2,5-6,10,27H2,1H3,(H,30,33). The van der Waals surface area contributed by atoms with E-state index in [9.17, 15) is 10.1 Å². The van der Waals surface area contributed by atoms with Crippen molar-refractivity contribution in [2.45, 2.75) is 13.0 Å². The van der Waals surface area contributed by atoms with Crippen LogP contribution >= 0.6 is 11.6 Å². The van der Waals surface area contributed by atoms with Crippen molar-refractivity contribution >= 4 is 28.1 Å². The number of aryl methyl sites for hydroxylation is 1. The fourth-order valence-electron chi connectivity index (χ4n) is 4.24. The van der Waals surface area contributed by atoms with E-state index in [0.717, 1.165) is 19.5 Å². The van der Waals surface area contributed by atoms with Crippen LogP contribution in [0.15, 0.2) is 35.3 Å². The summed E-state index contributed by atoms with van der Waals surface area (Å²) in [5.74, 6) is -0.677. The van der Waals surface area contributed by atoms with Crippen LogP contribution in [0.4, 0.5) is 10.1 Å². The van der Waals surface area contributed by atoms with Gasteiger partial charge >= 0.3 is 0 Å². The summed E-state index contributed by atoms with van der Waals surface area (Å²) < 4.78 is 17.0. The summed E-state index contributed by atoms with van der Waals surface area (Å²) in [7, 11) is 1.68. The number of hydrogen-bond acceptors (Lipinski definition) is 6. The molecular weight excluding hydrogens is 445 g/mol. The minimum Gasteiger partial charge on any atom is -0.370 e. The number of hydrogen-bond donors (Lipinski definition) is 2. The van der Waals surface area contributed by atoms with E-state index in [1.54, 1.807) is 31.4 Å². The van der Waals surface area contributed by atoms with Gasteiger partial charge in [0.15, 0.2) is 5.82 Å². The van der Waals surface area contributed by atoms with E-state index in [4.69, 9.17) is 17.3 Å². The van der Waals surface area contributed by atoms with Gasteiger partial charge in [0.1, 0.15) is 6.07 Å². The molecule has 3 heterocycles. The molecule has 2 aromatic carbocycles. The van der Waals surface area contributed by atoms with Crippen molar-refractivity contribution in [3.05, 3.63) is 62.9 Å². The molecule has 8 nitrogen and oxygen atoms in total. The van der Waals surface area contributed by atoms with Gasteiger partial charge in [-0.2, -0.15) is 15.5 Å². The highest BCUT2D eigenvalue weighted by Crippen LogP contribution is 2.42. The normalized spacial score (nSPS) is 13.2. The number of halogens is 2. The molecule has 1 fully saturated rings. The number of benzene rings is 2. The number of rotatable bonds is 4. The maximum Gasteiger partial charge on any atom is 0.272 e. The van der Waals surface area contributed by atoms with Crippen LogP contribution in [-0.2, 0) is 13.6 Å². The number of aromatic amines is 1. The minimum absolute atomic E-state index is 0.0577. The molecule has 2 aromatic heterocycles. The van der Waals surface area contributed by atoms with Gasteiger partial charge in [-0.15, -0.1) is 0 Å². The number of H-pyrrole nitrogens is 1. The molecule has 33 heavy (non-hydrogen) atoms. The van der Waals surface area contributed by atoms with Crippen molar-refractivity contribution in [3.8, 4) is 28.5 Å². The van der Waals surface area contributed by atoms with E-state index in [2.05, 4.69) is 21.4 Å². The Kier molecular flexibility index (Phi) is 5.12. The number of nitrogens with zero attached hydrogens (tertiary/aromatic N) is 5. The van der Waals surface area contributed by atoms with Gasteiger partial charge < -0.3 is 10.6 Å². The van der Waals surface area contributed by atoms with Crippen molar-refractivity contribution in [2.24, 2.45) is 12.8 Å². The summed E-state index contributed by atoms with van der Waals surface area (Å²) in [5.41, 5.74) is 8.63. The zero-order valence-electron chi connectivity index (χ0n) is 17.7. The first-order chi connectivity index (χ1) is 15.9. The van der Waals surface area contributed by atoms with E-state index < -0.39 is 5.82 Å². The fraction of sp³-hybridized carbons (Fsp3) is 0.217. The van der Waals surface area contributed by atoms with Crippen molar-refractivity contribution < 1.29 is 4.39 Å². The monoisotopic (exact) mass is 463 g/mol. The van der Waals surface area contributed by atoms with Crippen LogP contribution in [-0.4, -0.2) is 33.1 Å². The molecule has 0 amide bonds. The van der Waals surface area contributed by atoms with E-state index in [0.29, 0.717) is 39.0 Å². The van der Waals surface area contributed by atoms with Gasteiger partial charge in [-0.25, -0.2) is 9.49 Å². The molecule has 5 rings (SSSR count). The Hall–Kier alpha value is -3.74. The molecule has 1 aliphatic rings. The lowest BCUT2D eigenvalue weighted by atomic mass is 9.94. The summed E-state index contributed by atoms with van der Waals surface area (Å²) >= 11 is 6.27. The molecule has 3 N–H and O–H groups in total. The predicted octanol–water partition coefficient (Wildman–Crippen LogP) is 3.32. The highest BCUT2D eigenvalue weighted by Gasteiger charge is 2.28. The number of aromatic nitrogens is 4. The molecule has 0 radical (unpaired) electrons. The molecule has 0 bridgehead atoms. The lowest BCUT2D eigenvalue weighted by Crippen LogP contribution is -2.37. The van der Waals surface area contributed by atoms with E-state index in [1.165, 1.54) is 10.7 Å². The molecule has 4 aromatic rings. The summed E-state index contributed by atoms with van der Waals surface area (Å²) in [6, 6.07) is 8.90. The Bertz CT molecular complexity index is 1510. The average molecular weight is 464 g/mol. The average Bonchev–Trinajstić information content (AvgIpc) is 3.15. The van der Waals surface area contributed by atoms with E-state index >= 15 is 4.39 Å². The molecule has 0 saturated carbocycles. The maximum absolute atomic E-state index is 15.5. The Morgan fingerprint density at radius 1 is 1.30 bits per heavy atom. The van der Waals surface area contributed by atoms with Crippen molar-refractivity contribution in [1.29, 1.82) is 5.26 Å². The lowest BCUT2D eigenvalue weighted by Gasteiger charge is -2.34. The van der Waals surface area contributed by atoms with Gasteiger partial charge in [0.2, 0.25) is 0 Å². The number of nitrogens with one attached hydrogen (secondary N) is 1. The minimum atomic E-state index is -0.677. The highest BCUT2D eigenvalue weighted by atomic mass is 35.5. The van der Waals surface area contributed by atoms with Crippen LogP contribution in [0.2, 0.25) is 5.02 Å². The molecule has 0 unspecified atom stereocenters. The Morgan fingerprint density at radius 3 is 2.76 bits per heavy atom. The third-order valence-corrected chi connectivity index (χ3v) is 6.33. The van der Waals surface area contributed by atoms with E-state index in [1.807, 2.05) is 4.90 Å². The summed E-state index contributed by atoms with van der Waals surface area (Å²) in [6.45, 7) is 1.70. The topological polar surface area (TPSA) is 117 Å². The largest absolute Gasteiger partial charge is 0.370 e. The molecule has 0 spiro atoms. The predicted molar refractivity (Wildman–Crippen MR) is 124 cm³/mol. The lowest BCUT2D eigenvalue weighted by molar-refractivity contribution is 0.610. The van der Waals surface area contributed by atoms with Crippen molar-refractivity contribution in [1.82, 2.24) is 20.0 Å². The van der Waals surface area contributed by atoms with Gasteiger partial charge in [0, 0.05) is 37.6 Å². The maximum atomic E-state index is 15.5. The molecule has 1 saturated heterocycles. The third-order valence-electron chi connectivity index (χ3n) is 6.05. The Balaban J connectivity index is 1.79. The van der Waals surface area contributed by atoms with Gasteiger partial charge in [0.25, 0.3) is 5.56 Å². The quantitative estimate of drug-likeness (QED) is 0.479. The highest BCUT2D eigenvalue weighted by molar-refractivity contribution is 6.31. The summed E-state index contributed by atoms with van der Waals surface area (Å²) in [6.07, 6.45) is 2.60. The second-order valence-electron chi connectivity index (χ2n) is 7.89. The Labute approximate surface area is 193 Å². The molecular formula is C23H19ClFN7O. The van der Waals surface area contributed by atoms with Crippen LogP contribution in [0.1, 0.15) is 17.7 Å². The first-order valence-electron chi connectivity index (χ1n) is 10.4. The van der Waals surface area contributed by atoms with Gasteiger partial charge in [-0.1, -0.05) is 17.7 Å². The van der Waals surface area contributed by atoms with Crippen LogP contribution in [0, 0.1) is 17.1 Å². The van der Waals surface area contributed by atoms with Gasteiger partial charge in [0.05, 0.1) is 44.8 Å². The van der Waals surface area contributed by atoms with Gasteiger partial charge in [-0.05, 0) is 30.2 Å². The second kappa shape index (κ2) is 7.99. The molecule has 166 valence electrons. The zero-order chi connectivity index (χ0) is 23.3. The number of nitriles is 1. The zero-order valence-corrected chi connectivity index (χ0v) is 18.4. The van der Waals surface area contributed by atoms with Crippen LogP contribution in [0.3, 0.4) is 0 Å². The third kappa shape index (κ3) is 3.26. The molecule has 10 heteroatoms. The van der Waals surface area contributed by atoms with Crippen LogP contribution in [0.25, 0.3) is 33.2 Å². The Morgan fingerprint density at radius 2 is 2.09 bits per heavy atom. The fourth-order valence-corrected chi connectivity index (χ4v) is 4.44. The number of anilines is 1. The van der Waals surface area contributed by atoms with E-state index in [-0.39, 0.29) is 28.3 Å². The van der Waals surface area contributed by atoms with Crippen LogP contribution in [0.5, 0.6) is 0 Å². The van der Waals surface area contributed by atoms with Gasteiger partial charge in [-0.3, -0.25) is 9.48 Å². The smallest absolute Gasteiger partial charge is 0.272 e. The molecule has 1 aliphatic heterocycles. The SMILES string of the molecule is Cn1ncc(-c2ccc3c(=O)[nH]nc(CN)c3c2)c1-c1c(F)c(Cl)cc(N2CCC2)c1C#N. The van der Waals surface area contributed by atoms with Crippen molar-refractivity contribution in [2.75, 3.05) is 18.0 Å². The second-order valence-corrected chi connectivity index (χ2v) is 8.30. The summed E-state index contributed by atoms with van der Waals surface area (Å²) in [4.78, 5) is 14.2.